The fraction of sp³-hybridized carbons (Fsp3) is 0.625. The van der Waals surface area contributed by atoms with Crippen molar-refractivity contribution in [3.63, 3.8) is 0 Å². The van der Waals surface area contributed by atoms with Crippen molar-refractivity contribution >= 4 is 0 Å². The Morgan fingerprint density at radius 2 is 1.82 bits per heavy atom. The van der Waals surface area contributed by atoms with Gasteiger partial charge < -0.3 is 5.11 Å². The smallest absolute Gasteiger partial charge is 0.0896 e. The zero-order valence-corrected chi connectivity index (χ0v) is 11.3. The van der Waals surface area contributed by atoms with Gasteiger partial charge in [-0.1, -0.05) is 31.5 Å². The molecule has 0 bridgehead atoms. The van der Waals surface area contributed by atoms with Crippen LogP contribution >= 0.6 is 0 Å². The van der Waals surface area contributed by atoms with E-state index >= 15 is 0 Å². The molecular weight excluding hydrogens is 208 g/mol. The minimum Gasteiger partial charge on any atom is -0.385 e. The minimum atomic E-state index is -0.565. The third-order valence-corrected chi connectivity index (χ3v) is 4.55. The Bertz CT molecular complexity index is 387. The molecule has 1 aromatic carbocycles. The molecule has 17 heavy (non-hydrogen) atoms. The van der Waals surface area contributed by atoms with Crippen LogP contribution in [0, 0.1) is 19.8 Å². The van der Waals surface area contributed by atoms with E-state index in [1.54, 1.807) is 0 Å². The van der Waals surface area contributed by atoms with Crippen LogP contribution in [-0.4, -0.2) is 5.11 Å². The second-order valence-corrected chi connectivity index (χ2v) is 5.68. The fourth-order valence-corrected chi connectivity index (χ4v) is 2.88. The Kier molecular flexibility index (Phi) is 3.58. The van der Waals surface area contributed by atoms with Crippen molar-refractivity contribution in [2.24, 2.45) is 5.92 Å². The van der Waals surface area contributed by atoms with Gasteiger partial charge in [0.15, 0.2) is 0 Å². The van der Waals surface area contributed by atoms with E-state index in [9.17, 15) is 5.11 Å². The topological polar surface area (TPSA) is 20.2 Å². The highest BCUT2D eigenvalue weighted by Crippen LogP contribution is 2.40. The second kappa shape index (κ2) is 4.81. The van der Waals surface area contributed by atoms with Gasteiger partial charge in [-0.05, 0) is 62.1 Å². The van der Waals surface area contributed by atoms with Crippen LogP contribution in [-0.2, 0) is 5.60 Å². The molecule has 0 heterocycles. The third kappa shape index (κ3) is 2.55. The van der Waals surface area contributed by atoms with Crippen molar-refractivity contribution in [2.75, 3.05) is 0 Å². The summed E-state index contributed by atoms with van der Waals surface area (Å²) in [4.78, 5) is 0. The van der Waals surface area contributed by atoms with E-state index in [2.05, 4.69) is 39.0 Å². The van der Waals surface area contributed by atoms with E-state index in [1.807, 2.05) is 0 Å². The van der Waals surface area contributed by atoms with E-state index in [4.69, 9.17) is 0 Å². The van der Waals surface area contributed by atoms with Crippen LogP contribution in [0.1, 0.15) is 55.7 Å². The second-order valence-electron chi connectivity index (χ2n) is 5.68. The van der Waals surface area contributed by atoms with E-state index in [-0.39, 0.29) is 0 Å². The van der Waals surface area contributed by atoms with Crippen LogP contribution in [0.3, 0.4) is 0 Å². The minimum absolute atomic E-state index is 0.565. The standard InChI is InChI=1S/C16H24O/c1-4-14-7-9-16(17,10-8-14)15-6-5-12(2)13(3)11-15/h5-6,11,14,17H,4,7-10H2,1-3H3. The Labute approximate surface area is 105 Å². The van der Waals surface area contributed by atoms with Crippen molar-refractivity contribution in [3.8, 4) is 0 Å². The molecule has 0 aromatic heterocycles. The lowest BCUT2D eigenvalue weighted by Gasteiger charge is -2.36. The molecule has 1 aliphatic carbocycles. The lowest BCUT2D eigenvalue weighted by molar-refractivity contribution is -0.0146. The Morgan fingerprint density at radius 1 is 1.18 bits per heavy atom. The largest absolute Gasteiger partial charge is 0.385 e. The molecule has 0 atom stereocenters. The first-order valence-electron chi connectivity index (χ1n) is 6.85. The molecule has 0 spiro atoms. The molecule has 94 valence electrons. The number of hydrogen-bond acceptors (Lipinski definition) is 1. The maximum absolute atomic E-state index is 10.8. The van der Waals surface area contributed by atoms with Crippen molar-refractivity contribution in [1.29, 1.82) is 0 Å². The highest BCUT2D eigenvalue weighted by atomic mass is 16.3. The molecule has 0 radical (unpaired) electrons. The number of aryl methyl sites for hydroxylation is 2. The highest BCUT2D eigenvalue weighted by Gasteiger charge is 2.34. The molecule has 0 amide bonds. The van der Waals surface area contributed by atoms with Gasteiger partial charge in [-0.25, -0.2) is 0 Å². The number of benzene rings is 1. The quantitative estimate of drug-likeness (QED) is 0.814. The maximum atomic E-state index is 10.8. The first-order valence-corrected chi connectivity index (χ1v) is 6.85. The van der Waals surface area contributed by atoms with E-state index in [0.717, 1.165) is 24.3 Å². The number of hydrogen-bond donors (Lipinski definition) is 1. The molecule has 2 rings (SSSR count). The average molecular weight is 232 g/mol. The predicted octanol–water partition coefficient (Wildman–Crippen LogP) is 4.09. The SMILES string of the molecule is CCC1CCC(O)(c2ccc(C)c(C)c2)CC1. The highest BCUT2D eigenvalue weighted by molar-refractivity contribution is 5.33. The van der Waals surface area contributed by atoms with Gasteiger partial charge in [-0.2, -0.15) is 0 Å². The Balaban J connectivity index is 2.18. The molecule has 0 saturated heterocycles. The summed E-state index contributed by atoms with van der Waals surface area (Å²) in [5.74, 6) is 0.821. The average Bonchev–Trinajstić information content (AvgIpc) is 2.33. The molecular formula is C16H24O. The summed E-state index contributed by atoms with van der Waals surface area (Å²) >= 11 is 0. The summed E-state index contributed by atoms with van der Waals surface area (Å²) in [6.07, 6.45) is 5.44. The zero-order chi connectivity index (χ0) is 12.5. The van der Waals surface area contributed by atoms with Gasteiger partial charge in [0.25, 0.3) is 0 Å². The van der Waals surface area contributed by atoms with Crippen molar-refractivity contribution in [3.05, 3.63) is 34.9 Å². The van der Waals surface area contributed by atoms with Crippen LogP contribution in [0.2, 0.25) is 0 Å². The van der Waals surface area contributed by atoms with Crippen LogP contribution in [0.25, 0.3) is 0 Å². The van der Waals surface area contributed by atoms with Gasteiger partial charge in [-0.3, -0.25) is 0 Å². The van der Waals surface area contributed by atoms with Crippen LogP contribution in [0.4, 0.5) is 0 Å². The van der Waals surface area contributed by atoms with Gasteiger partial charge in [0, 0.05) is 0 Å². The molecule has 1 saturated carbocycles. The molecule has 1 fully saturated rings. The van der Waals surface area contributed by atoms with Crippen LogP contribution in [0.15, 0.2) is 18.2 Å². The Hall–Kier alpha value is -0.820. The Morgan fingerprint density at radius 3 is 2.35 bits per heavy atom. The molecule has 1 aromatic rings. The molecule has 0 unspecified atom stereocenters. The van der Waals surface area contributed by atoms with Crippen LogP contribution < -0.4 is 0 Å². The first kappa shape index (κ1) is 12.6. The van der Waals surface area contributed by atoms with Crippen molar-refractivity contribution in [2.45, 2.75) is 58.5 Å². The molecule has 1 nitrogen and oxygen atoms in total. The summed E-state index contributed by atoms with van der Waals surface area (Å²) < 4.78 is 0. The van der Waals surface area contributed by atoms with Gasteiger partial charge in [0.1, 0.15) is 0 Å². The normalized spacial score (nSPS) is 29.3. The summed E-state index contributed by atoms with van der Waals surface area (Å²) in [6.45, 7) is 6.50. The van der Waals surface area contributed by atoms with E-state index in [1.165, 1.54) is 30.4 Å². The number of aliphatic hydroxyl groups is 1. The monoisotopic (exact) mass is 232 g/mol. The predicted molar refractivity (Wildman–Crippen MR) is 72.1 cm³/mol. The van der Waals surface area contributed by atoms with Crippen molar-refractivity contribution in [1.82, 2.24) is 0 Å². The van der Waals surface area contributed by atoms with Crippen LogP contribution in [0.5, 0.6) is 0 Å². The van der Waals surface area contributed by atoms with E-state index < -0.39 is 5.60 Å². The zero-order valence-electron chi connectivity index (χ0n) is 11.3. The van der Waals surface area contributed by atoms with Gasteiger partial charge >= 0.3 is 0 Å². The van der Waals surface area contributed by atoms with Gasteiger partial charge in [0.2, 0.25) is 0 Å². The maximum Gasteiger partial charge on any atom is 0.0896 e. The first-order chi connectivity index (χ1) is 8.05. The molecule has 1 N–H and O–H groups in total. The number of rotatable bonds is 2. The molecule has 1 aliphatic rings. The van der Waals surface area contributed by atoms with Gasteiger partial charge in [-0.15, -0.1) is 0 Å². The lowest BCUT2D eigenvalue weighted by atomic mass is 9.74. The summed E-state index contributed by atoms with van der Waals surface area (Å²) in [5.41, 5.74) is 3.15. The van der Waals surface area contributed by atoms with E-state index in [0.29, 0.717) is 0 Å². The summed E-state index contributed by atoms with van der Waals surface area (Å²) in [6, 6.07) is 6.41. The molecule has 0 aliphatic heterocycles. The fourth-order valence-electron chi connectivity index (χ4n) is 2.88. The summed E-state index contributed by atoms with van der Waals surface area (Å²) in [7, 11) is 0. The molecule has 1 heteroatoms. The lowest BCUT2D eigenvalue weighted by Crippen LogP contribution is -2.31. The third-order valence-electron chi connectivity index (χ3n) is 4.55. The van der Waals surface area contributed by atoms with Crippen molar-refractivity contribution < 1.29 is 5.11 Å². The summed E-state index contributed by atoms with van der Waals surface area (Å²) in [5, 5.41) is 10.8. The van der Waals surface area contributed by atoms with Gasteiger partial charge in [0.05, 0.1) is 5.60 Å².